The van der Waals surface area contributed by atoms with Gasteiger partial charge in [0, 0.05) is 10.0 Å². The van der Waals surface area contributed by atoms with Crippen LogP contribution in [-0.4, -0.2) is 28.1 Å². The van der Waals surface area contributed by atoms with Gasteiger partial charge < -0.3 is 0 Å². The molecule has 0 spiro atoms. The third kappa shape index (κ3) is 2.57. The van der Waals surface area contributed by atoms with E-state index in [2.05, 4.69) is 26.0 Å². The number of hydrogen-bond acceptors (Lipinski definition) is 4. The first kappa shape index (κ1) is 15.0. The highest BCUT2D eigenvalue weighted by molar-refractivity contribution is 9.10. The van der Waals surface area contributed by atoms with Gasteiger partial charge in [-0.05, 0) is 19.1 Å². The second-order valence-corrected chi connectivity index (χ2v) is 6.46. The molecule has 0 saturated heterocycles. The van der Waals surface area contributed by atoms with Gasteiger partial charge in [-0.15, -0.1) is 9.19 Å². The normalized spacial score (nSPS) is 12.7. The Morgan fingerprint density at radius 1 is 1.20 bits per heavy atom. The van der Waals surface area contributed by atoms with E-state index in [1.165, 1.54) is 0 Å². The second kappa shape index (κ2) is 4.85. The Kier molecular flexibility index (Phi) is 3.63. The maximum atomic E-state index is 12.5. The van der Waals surface area contributed by atoms with E-state index in [0.29, 0.717) is 5.56 Å². The Morgan fingerprint density at radius 2 is 1.75 bits per heavy atom. The van der Waals surface area contributed by atoms with Crippen molar-refractivity contribution < 1.29 is 21.6 Å². The molecule has 20 heavy (non-hydrogen) atoms. The minimum atomic E-state index is -5.57. The van der Waals surface area contributed by atoms with Gasteiger partial charge in [0.05, 0.1) is 0 Å². The Balaban J connectivity index is 2.53. The minimum Gasteiger partial charge on any atom is -0.211 e. The topological polar surface area (TPSA) is 64.8 Å². The van der Waals surface area contributed by atoms with E-state index in [4.69, 9.17) is 0 Å². The summed E-state index contributed by atoms with van der Waals surface area (Å²) >= 11 is 3.20. The first-order valence-electron chi connectivity index (χ1n) is 5.14. The van der Waals surface area contributed by atoms with Crippen LogP contribution in [0.25, 0.3) is 11.4 Å². The zero-order valence-corrected chi connectivity index (χ0v) is 12.3. The van der Waals surface area contributed by atoms with Crippen molar-refractivity contribution in [2.24, 2.45) is 0 Å². The van der Waals surface area contributed by atoms with Crippen LogP contribution in [0.3, 0.4) is 0 Å². The molecule has 0 N–H and O–H groups in total. The van der Waals surface area contributed by atoms with Gasteiger partial charge in [0.15, 0.2) is 5.82 Å². The summed E-state index contributed by atoms with van der Waals surface area (Å²) in [6, 6.07) is 6.40. The van der Waals surface area contributed by atoms with Crippen LogP contribution in [0, 0.1) is 6.92 Å². The lowest BCUT2D eigenvalue weighted by Gasteiger charge is -2.07. The predicted octanol–water partition coefficient (Wildman–Crippen LogP) is 2.71. The van der Waals surface area contributed by atoms with Crippen LogP contribution in [-0.2, 0) is 10.0 Å². The Bertz CT molecular complexity index is 738. The van der Waals surface area contributed by atoms with Crippen LogP contribution in [0.5, 0.6) is 0 Å². The third-order valence-corrected chi connectivity index (χ3v) is 4.27. The van der Waals surface area contributed by atoms with Crippen molar-refractivity contribution in [1.82, 2.24) is 14.2 Å². The van der Waals surface area contributed by atoms with Gasteiger partial charge in [0.25, 0.3) is 0 Å². The number of alkyl halides is 3. The lowest BCUT2D eigenvalue weighted by atomic mass is 10.2. The molecule has 1 aromatic carbocycles. The summed E-state index contributed by atoms with van der Waals surface area (Å²) in [4.78, 5) is 3.75. The van der Waals surface area contributed by atoms with Crippen molar-refractivity contribution in [3.63, 3.8) is 0 Å². The average Bonchev–Trinajstić information content (AvgIpc) is 2.71. The van der Waals surface area contributed by atoms with Gasteiger partial charge in [-0.1, -0.05) is 28.1 Å². The van der Waals surface area contributed by atoms with Gasteiger partial charge in [0.1, 0.15) is 5.82 Å². The van der Waals surface area contributed by atoms with E-state index >= 15 is 0 Å². The number of aromatic nitrogens is 3. The van der Waals surface area contributed by atoms with Crippen molar-refractivity contribution >= 4 is 26.0 Å². The molecule has 2 aromatic rings. The molecule has 10 heteroatoms. The zero-order valence-electron chi connectivity index (χ0n) is 9.89. The van der Waals surface area contributed by atoms with E-state index in [1.54, 1.807) is 24.3 Å². The summed E-state index contributed by atoms with van der Waals surface area (Å²) in [5.41, 5.74) is -5.02. The minimum absolute atomic E-state index is 0.0946. The van der Waals surface area contributed by atoms with Crippen LogP contribution >= 0.6 is 15.9 Å². The van der Waals surface area contributed by atoms with Gasteiger partial charge >= 0.3 is 15.5 Å². The summed E-state index contributed by atoms with van der Waals surface area (Å²) in [6.45, 7) is 1.14. The molecule has 2 rings (SSSR count). The summed E-state index contributed by atoms with van der Waals surface area (Å²) in [6.07, 6.45) is 0. The largest absolute Gasteiger partial charge is 0.518 e. The molecular weight excluding hydrogens is 363 g/mol. The maximum absolute atomic E-state index is 12.5. The van der Waals surface area contributed by atoms with E-state index in [0.717, 1.165) is 11.4 Å². The van der Waals surface area contributed by atoms with E-state index in [1.807, 2.05) is 0 Å². The van der Waals surface area contributed by atoms with Crippen molar-refractivity contribution in [1.29, 1.82) is 0 Å². The number of rotatable bonds is 2. The fourth-order valence-corrected chi connectivity index (χ4v) is 2.46. The van der Waals surface area contributed by atoms with Crippen molar-refractivity contribution in [2.45, 2.75) is 12.4 Å². The molecule has 0 aliphatic rings. The molecule has 0 amide bonds. The SMILES string of the molecule is Cc1nc(-c2ccc(Br)cc2)nn1S(=O)(=O)C(F)(F)F. The Labute approximate surface area is 120 Å². The predicted molar refractivity (Wildman–Crippen MR) is 68.3 cm³/mol. The standard InChI is InChI=1S/C10H7BrF3N3O2S/c1-6-15-9(7-2-4-8(11)5-3-7)16-17(6)20(18,19)10(12,13)14/h2-5H,1H3. The zero-order chi connectivity index (χ0) is 15.1. The van der Waals surface area contributed by atoms with E-state index in [9.17, 15) is 21.6 Å². The number of halogens is 4. The molecule has 0 aliphatic heterocycles. The molecule has 1 aromatic heterocycles. The van der Waals surface area contributed by atoms with Gasteiger partial charge in [0.2, 0.25) is 0 Å². The van der Waals surface area contributed by atoms with Crippen LogP contribution < -0.4 is 0 Å². The lowest BCUT2D eigenvalue weighted by Crippen LogP contribution is -2.31. The molecule has 0 unspecified atom stereocenters. The molecule has 0 aliphatic carbocycles. The molecule has 1 heterocycles. The molecular formula is C10H7BrF3N3O2S. The van der Waals surface area contributed by atoms with Crippen LogP contribution in [0.4, 0.5) is 13.2 Å². The first-order chi connectivity index (χ1) is 9.13. The van der Waals surface area contributed by atoms with Crippen molar-refractivity contribution in [2.75, 3.05) is 0 Å². The summed E-state index contributed by atoms with van der Waals surface area (Å²) in [5.74, 6) is -0.455. The molecule has 0 radical (unpaired) electrons. The summed E-state index contributed by atoms with van der Waals surface area (Å²) in [7, 11) is -5.57. The molecule has 5 nitrogen and oxygen atoms in total. The highest BCUT2D eigenvalue weighted by Gasteiger charge is 2.49. The van der Waals surface area contributed by atoms with Crippen molar-refractivity contribution in [3.05, 3.63) is 34.6 Å². The fraction of sp³-hybridized carbons (Fsp3) is 0.200. The highest BCUT2D eigenvalue weighted by atomic mass is 79.9. The van der Waals surface area contributed by atoms with E-state index in [-0.39, 0.29) is 15.7 Å². The summed E-state index contributed by atoms with van der Waals surface area (Å²) in [5, 5.41) is 3.43. The molecule has 0 saturated carbocycles. The third-order valence-electron chi connectivity index (χ3n) is 2.35. The lowest BCUT2D eigenvalue weighted by molar-refractivity contribution is -0.0450. The highest BCUT2D eigenvalue weighted by Crippen LogP contribution is 2.27. The molecule has 0 atom stereocenters. The van der Waals surface area contributed by atoms with E-state index < -0.39 is 15.5 Å². The van der Waals surface area contributed by atoms with Gasteiger partial charge in [-0.2, -0.15) is 21.6 Å². The number of benzene rings is 1. The van der Waals surface area contributed by atoms with Crippen molar-refractivity contribution in [3.8, 4) is 11.4 Å². The summed E-state index contributed by atoms with van der Waals surface area (Å²) < 4.78 is 60.7. The monoisotopic (exact) mass is 369 g/mol. The average molecular weight is 370 g/mol. The maximum Gasteiger partial charge on any atom is 0.518 e. The number of hydrogen-bond donors (Lipinski definition) is 0. The van der Waals surface area contributed by atoms with Gasteiger partial charge in [-0.25, -0.2) is 4.98 Å². The van der Waals surface area contributed by atoms with Crippen LogP contribution in [0.2, 0.25) is 0 Å². The molecule has 0 bridgehead atoms. The second-order valence-electron chi connectivity index (χ2n) is 3.78. The first-order valence-corrected chi connectivity index (χ1v) is 7.37. The smallest absolute Gasteiger partial charge is 0.211 e. The molecule has 0 fully saturated rings. The Hall–Kier alpha value is -1.42. The van der Waals surface area contributed by atoms with Crippen LogP contribution in [0.15, 0.2) is 28.7 Å². The van der Waals surface area contributed by atoms with Gasteiger partial charge in [-0.3, -0.25) is 0 Å². The number of nitrogens with zero attached hydrogens (tertiary/aromatic N) is 3. The quantitative estimate of drug-likeness (QED) is 0.816. The van der Waals surface area contributed by atoms with Crippen LogP contribution in [0.1, 0.15) is 5.82 Å². The number of aryl methyl sites for hydroxylation is 1. The fourth-order valence-electron chi connectivity index (χ4n) is 1.42. The molecule has 108 valence electrons. The Morgan fingerprint density at radius 3 is 2.25 bits per heavy atom.